The Labute approximate surface area is 120 Å². The fourth-order valence-corrected chi connectivity index (χ4v) is 1.65. The van der Waals surface area contributed by atoms with E-state index in [-0.39, 0.29) is 6.04 Å². The van der Waals surface area contributed by atoms with E-state index < -0.39 is 17.6 Å². The predicted octanol–water partition coefficient (Wildman–Crippen LogP) is 3.44. The summed E-state index contributed by atoms with van der Waals surface area (Å²) in [5.41, 5.74) is 0.267. The zero-order valence-corrected chi connectivity index (χ0v) is 12.7. The summed E-state index contributed by atoms with van der Waals surface area (Å²) in [5, 5.41) is 5.51. The van der Waals surface area contributed by atoms with Gasteiger partial charge in [0.15, 0.2) is 0 Å². The van der Waals surface area contributed by atoms with Crippen LogP contribution in [0.2, 0.25) is 0 Å². The van der Waals surface area contributed by atoms with Crippen molar-refractivity contribution >= 4 is 17.7 Å². The minimum Gasteiger partial charge on any atom is -0.333 e. The van der Waals surface area contributed by atoms with E-state index in [9.17, 15) is 9.59 Å². The molecule has 0 fully saturated rings. The lowest BCUT2D eigenvalue weighted by atomic mass is 10.1. The third-order valence-electron chi connectivity index (χ3n) is 2.46. The first-order valence-corrected chi connectivity index (χ1v) is 6.68. The maximum absolute atomic E-state index is 12.2. The smallest absolute Gasteiger partial charge is 0.330 e. The van der Waals surface area contributed by atoms with Crippen LogP contribution in [0.1, 0.15) is 34.6 Å². The van der Waals surface area contributed by atoms with Crippen LogP contribution in [0.5, 0.6) is 0 Å². The molecule has 0 spiro atoms. The van der Waals surface area contributed by atoms with Crippen LogP contribution in [0.3, 0.4) is 0 Å². The Bertz CT molecular complexity index is 464. The monoisotopic (exact) mass is 277 g/mol. The number of para-hydroxylation sites is 1. The molecule has 0 saturated carbocycles. The molecule has 0 aliphatic rings. The van der Waals surface area contributed by atoms with Crippen LogP contribution in [0, 0.1) is 0 Å². The van der Waals surface area contributed by atoms with Gasteiger partial charge in [0.05, 0.1) is 0 Å². The van der Waals surface area contributed by atoms with E-state index in [1.54, 1.807) is 26.0 Å². The summed E-state index contributed by atoms with van der Waals surface area (Å²) < 4.78 is 0. The van der Waals surface area contributed by atoms with Crippen molar-refractivity contribution in [2.45, 2.75) is 46.2 Å². The first-order valence-electron chi connectivity index (χ1n) is 6.68. The van der Waals surface area contributed by atoms with Gasteiger partial charge in [0.2, 0.25) is 0 Å². The number of rotatable bonds is 2. The number of carbonyl (C=O) groups is 2. The molecule has 110 valence electrons. The van der Waals surface area contributed by atoms with Crippen LogP contribution >= 0.6 is 0 Å². The number of imide groups is 1. The molecular weight excluding hydrogens is 254 g/mol. The third kappa shape index (κ3) is 4.91. The minimum absolute atomic E-state index is 0.235. The van der Waals surface area contributed by atoms with E-state index in [0.717, 1.165) is 0 Å². The first-order chi connectivity index (χ1) is 9.20. The number of anilines is 1. The molecule has 4 amide bonds. The van der Waals surface area contributed by atoms with Gasteiger partial charge in [-0.05, 0) is 46.8 Å². The van der Waals surface area contributed by atoms with Gasteiger partial charge < -0.3 is 10.6 Å². The largest absolute Gasteiger partial charge is 0.333 e. The zero-order valence-electron chi connectivity index (χ0n) is 12.7. The normalized spacial score (nSPS) is 11.1. The van der Waals surface area contributed by atoms with Crippen molar-refractivity contribution < 1.29 is 9.59 Å². The Balaban J connectivity index is 2.81. The Hall–Kier alpha value is -2.04. The maximum atomic E-state index is 12.2. The number of carbonyl (C=O) groups excluding carboxylic acids is 2. The van der Waals surface area contributed by atoms with Gasteiger partial charge >= 0.3 is 12.1 Å². The van der Waals surface area contributed by atoms with Crippen LogP contribution in [-0.2, 0) is 0 Å². The van der Waals surface area contributed by atoms with Crippen molar-refractivity contribution in [2.75, 3.05) is 5.32 Å². The van der Waals surface area contributed by atoms with Crippen LogP contribution in [0.4, 0.5) is 15.3 Å². The highest BCUT2D eigenvalue weighted by atomic mass is 16.2. The summed E-state index contributed by atoms with van der Waals surface area (Å²) in [7, 11) is 0. The molecule has 0 saturated heterocycles. The fourth-order valence-electron chi connectivity index (χ4n) is 1.65. The second-order valence-electron chi connectivity index (χ2n) is 5.94. The number of amides is 4. The number of nitrogens with zero attached hydrogens (tertiary/aromatic N) is 1. The van der Waals surface area contributed by atoms with E-state index in [2.05, 4.69) is 10.6 Å². The SMILES string of the molecule is CC(C)N(C(=O)Nc1ccccc1)C(=O)NC(C)(C)C. The fraction of sp³-hybridized carbons (Fsp3) is 0.467. The average molecular weight is 277 g/mol. The van der Waals surface area contributed by atoms with Gasteiger partial charge in [-0.1, -0.05) is 18.2 Å². The summed E-state index contributed by atoms with van der Waals surface area (Å²) in [5.74, 6) is 0. The second kappa shape index (κ2) is 6.41. The molecule has 0 unspecified atom stereocenters. The van der Waals surface area contributed by atoms with Gasteiger partial charge in [0.1, 0.15) is 0 Å². The van der Waals surface area contributed by atoms with Crippen molar-refractivity contribution in [3.63, 3.8) is 0 Å². The molecule has 0 aliphatic heterocycles. The summed E-state index contributed by atoms with van der Waals surface area (Å²) in [6, 6.07) is 7.99. The molecule has 5 heteroatoms. The van der Waals surface area contributed by atoms with E-state index in [0.29, 0.717) is 5.69 Å². The molecule has 20 heavy (non-hydrogen) atoms. The Morgan fingerprint density at radius 3 is 2.05 bits per heavy atom. The van der Waals surface area contributed by atoms with Gasteiger partial charge in [-0.15, -0.1) is 0 Å². The van der Waals surface area contributed by atoms with Crippen LogP contribution in [-0.4, -0.2) is 28.5 Å². The molecule has 0 heterocycles. The molecule has 1 aromatic rings. The summed E-state index contributed by atoms with van der Waals surface area (Å²) >= 11 is 0. The summed E-state index contributed by atoms with van der Waals surface area (Å²) in [4.78, 5) is 25.6. The number of hydrogen-bond donors (Lipinski definition) is 2. The quantitative estimate of drug-likeness (QED) is 0.870. The lowest BCUT2D eigenvalue weighted by molar-refractivity contribution is 0.177. The van der Waals surface area contributed by atoms with Gasteiger partial charge in [-0.3, -0.25) is 0 Å². The van der Waals surface area contributed by atoms with Gasteiger partial charge in [-0.2, -0.15) is 0 Å². The highest BCUT2D eigenvalue weighted by molar-refractivity contribution is 6.01. The lowest BCUT2D eigenvalue weighted by Gasteiger charge is -2.29. The van der Waals surface area contributed by atoms with Crippen molar-refractivity contribution in [2.24, 2.45) is 0 Å². The van der Waals surface area contributed by atoms with E-state index in [1.807, 2.05) is 39.0 Å². The molecule has 5 nitrogen and oxygen atoms in total. The van der Waals surface area contributed by atoms with E-state index in [4.69, 9.17) is 0 Å². The first kappa shape index (κ1) is 16.0. The summed E-state index contributed by atoms with van der Waals surface area (Å²) in [6.07, 6.45) is 0. The molecule has 0 aromatic heterocycles. The minimum atomic E-state index is -0.437. The maximum Gasteiger partial charge on any atom is 0.330 e. The van der Waals surface area contributed by atoms with Crippen molar-refractivity contribution in [3.05, 3.63) is 30.3 Å². The lowest BCUT2D eigenvalue weighted by Crippen LogP contribution is -2.54. The van der Waals surface area contributed by atoms with Crippen LogP contribution in [0.15, 0.2) is 30.3 Å². The second-order valence-corrected chi connectivity index (χ2v) is 5.94. The van der Waals surface area contributed by atoms with Crippen LogP contribution < -0.4 is 10.6 Å². The van der Waals surface area contributed by atoms with Gasteiger partial charge in [0, 0.05) is 17.3 Å². The number of urea groups is 2. The number of benzene rings is 1. The van der Waals surface area contributed by atoms with Crippen LogP contribution in [0.25, 0.3) is 0 Å². The Morgan fingerprint density at radius 2 is 1.60 bits per heavy atom. The molecule has 1 aromatic carbocycles. The average Bonchev–Trinajstić information content (AvgIpc) is 2.26. The van der Waals surface area contributed by atoms with Gasteiger partial charge in [-0.25, -0.2) is 14.5 Å². The molecule has 0 atom stereocenters. The standard InChI is InChI=1S/C15H23N3O2/c1-11(2)18(14(20)17-15(3,4)5)13(19)16-12-9-7-6-8-10-12/h6-11H,1-5H3,(H,16,19)(H,17,20). The molecule has 0 aliphatic carbocycles. The van der Waals surface area contributed by atoms with Crippen molar-refractivity contribution in [3.8, 4) is 0 Å². The summed E-state index contributed by atoms with van der Waals surface area (Å²) in [6.45, 7) is 9.22. The molecular formula is C15H23N3O2. The predicted molar refractivity (Wildman–Crippen MR) is 80.7 cm³/mol. The molecule has 0 bridgehead atoms. The third-order valence-corrected chi connectivity index (χ3v) is 2.46. The highest BCUT2D eigenvalue weighted by Crippen LogP contribution is 2.10. The van der Waals surface area contributed by atoms with Crippen molar-refractivity contribution in [1.82, 2.24) is 10.2 Å². The Morgan fingerprint density at radius 1 is 1.05 bits per heavy atom. The molecule has 1 rings (SSSR count). The molecule has 0 radical (unpaired) electrons. The topological polar surface area (TPSA) is 61.4 Å². The number of hydrogen-bond acceptors (Lipinski definition) is 2. The van der Waals surface area contributed by atoms with Crippen molar-refractivity contribution in [1.29, 1.82) is 0 Å². The Kier molecular flexibility index (Phi) is 5.13. The highest BCUT2D eigenvalue weighted by Gasteiger charge is 2.27. The zero-order chi connectivity index (χ0) is 15.3. The van der Waals surface area contributed by atoms with Gasteiger partial charge in [0.25, 0.3) is 0 Å². The number of nitrogens with one attached hydrogen (secondary N) is 2. The van der Waals surface area contributed by atoms with E-state index in [1.165, 1.54) is 4.90 Å². The molecule has 2 N–H and O–H groups in total. The van der Waals surface area contributed by atoms with E-state index >= 15 is 0 Å².